The van der Waals surface area contributed by atoms with Crippen molar-refractivity contribution in [3.05, 3.63) is 89.6 Å². The van der Waals surface area contributed by atoms with Gasteiger partial charge in [0.05, 0.1) is 30.6 Å². The summed E-state index contributed by atoms with van der Waals surface area (Å²) >= 11 is 0. The Morgan fingerprint density at radius 1 is 1.12 bits per heavy atom. The van der Waals surface area contributed by atoms with Gasteiger partial charge < -0.3 is 14.6 Å². The molecule has 0 bridgehead atoms. The Morgan fingerprint density at radius 2 is 1.91 bits per heavy atom. The first-order valence-corrected chi connectivity index (χ1v) is 11.2. The molecule has 0 saturated carbocycles. The molecule has 4 rings (SSSR count). The smallest absolute Gasteiger partial charge is 0.253 e. The molecule has 1 aromatic heterocycles. The quantitative estimate of drug-likeness (QED) is 0.564. The molecule has 1 unspecified atom stereocenters. The number of nitrogens with one attached hydrogen (secondary N) is 1. The van der Waals surface area contributed by atoms with Crippen molar-refractivity contribution >= 4 is 17.5 Å². The predicted molar refractivity (Wildman–Crippen MR) is 124 cm³/mol. The number of amides is 2. The fraction of sp³-hybridized carbons (Fsp3) is 0.308. The van der Waals surface area contributed by atoms with Crippen LogP contribution in [0.15, 0.2) is 71.3 Å². The van der Waals surface area contributed by atoms with Crippen molar-refractivity contribution in [2.45, 2.75) is 31.8 Å². The molecule has 2 heterocycles. The number of benzene rings is 2. The van der Waals surface area contributed by atoms with Crippen LogP contribution in [0.4, 0.5) is 10.1 Å². The van der Waals surface area contributed by atoms with E-state index < -0.39 is 0 Å². The minimum atomic E-state index is -0.267. The third-order valence-corrected chi connectivity index (χ3v) is 6.11. The van der Waals surface area contributed by atoms with Gasteiger partial charge in [0, 0.05) is 13.1 Å². The predicted octanol–water partition coefficient (Wildman–Crippen LogP) is 4.02. The van der Waals surface area contributed by atoms with E-state index in [1.54, 1.807) is 60.7 Å². The fourth-order valence-electron chi connectivity index (χ4n) is 4.28. The van der Waals surface area contributed by atoms with Crippen molar-refractivity contribution in [3.8, 4) is 0 Å². The molecule has 2 aromatic carbocycles. The van der Waals surface area contributed by atoms with Crippen molar-refractivity contribution < 1.29 is 18.4 Å². The molecule has 1 saturated heterocycles. The molecule has 33 heavy (non-hydrogen) atoms. The van der Waals surface area contributed by atoms with Gasteiger partial charge in [0.25, 0.3) is 5.91 Å². The molecule has 2 amide bonds. The molecule has 0 spiro atoms. The number of nitrogens with zero attached hydrogens (tertiary/aromatic N) is 2. The number of anilines is 1. The maximum absolute atomic E-state index is 13.2. The summed E-state index contributed by atoms with van der Waals surface area (Å²) in [5.74, 6) is 0.0708. The molecule has 7 heteroatoms. The van der Waals surface area contributed by atoms with Gasteiger partial charge in [0.1, 0.15) is 11.6 Å². The highest BCUT2D eigenvalue weighted by molar-refractivity contribution is 6.05. The van der Waals surface area contributed by atoms with E-state index in [-0.39, 0.29) is 36.8 Å². The molecule has 6 nitrogen and oxygen atoms in total. The first-order chi connectivity index (χ1) is 16.0. The zero-order valence-electron chi connectivity index (χ0n) is 18.7. The van der Waals surface area contributed by atoms with Gasteiger partial charge in [-0.15, -0.1) is 0 Å². The molecule has 1 atom stereocenters. The summed E-state index contributed by atoms with van der Waals surface area (Å²) in [7, 11) is 1.70. The summed E-state index contributed by atoms with van der Waals surface area (Å²) in [4.78, 5) is 29.7. The molecule has 1 N–H and O–H groups in total. The van der Waals surface area contributed by atoms with Crippen LogP contribution in [0.1, 0.15) is 34.5 Å². The van der Waals surface area contributed by atoms with E-state index in [0.29, 0.717) is 17.0 Å². The number of hydrogen-bond acceptors (Lipinski definition) is 4. The Balaban J connectivity index is 1.40. The van der Waals surface area contributed by atoms with Gasteiger partial charge in [-0.3, -0.25) is 14.5 Å². The Hall–Kier alpha value is -3.45. The molecule has 3 aromatic rings. The van der Waals surface area contributed by atoms with Crippen LogP contribution in [0.5, 0.6) is 0 Å². The highest BCUT2D eigenvalue weighted by atomic mass is 19.1. The van der Waals surface area contributed by atoms with Crippen molar-refractivity contribution in [2.75, 3.05) is 25.0 Å². The SMILES string of the molecule is CN(C(=O)CN1CCCC1Cc1ccc(F)cc1)c1ccccc1C(=O)NCc1ccco1. The number of hydrogen-bond donors (Lipinski definition) is 1. The zero-order valence-corrected chi connectivity index (χ0v) is 18.7. The van der Waals surface area contributed by atoms with E-state index in [2.05, 4.69) is 10.2 Å². The monoisotopic (exact) mass is 449 g/mol. The standard InChI is InChI=1S/C26H28FN3O3/c1-29(24-9-3-2-8-23(24)26(32)28-17-22-7-5-15-33-22)25(31)18-30-14-4-6-21(30)16-19-10-12-20(27)13-11-19/h2-3,5,7-13,15,21H,4,6,14,16-18H2,1H3,(H,28,32). The number of likely N-dealkylation sites (N-methyl/N-ethyl adjacent to an activating group) is 1. The van der Waals surface area contributed by atoms with Gasteiger partial charge in [0.15, 0.2) is 0 Å². The molecular weight excluding hydrogens is 421 g/mol. The van der Waals surface area contributed by atoms with E-state index in [0.717, 1.165) is 31.4 Å². The number of carbonyl (C=O) groups excluding carboxylic acids is 2. The highest BCUT2D eigenvalue weighted by Gasteiger charge is 2.28. The van der Waals surface area contributed by atoms with Crippen LogP contribution in [0.25, 0.3) is 0 Å². The molecular formula is C26H28FN3O3. The van der Waals surface area contributed by atoms with Gasteiger partial charge in [-0.2, -0.15) is 0 Å². The average Bonchev–Trinajstić information content (AvgIpc) is 3.51. The summed E-state index contributed by atoms with van der Waals surface area (Å²) in [6, 6.07) is 17.4. The van der Waals surface area contributed by atoms with Crippen molar-refractivity contribution in [1.29, 1.82) is 0 Å². The van der Waals surface area contributed by atoms with Crippen LogP contribution < -0.4 is 10.2 Å². The maximum atomic E-state index is 13.2. The van der Waals surface area contributed by atoms with E-state index in [4.69, 9.17) is 4.42 Å². The van der Waals surface area contributed by atoms with Gasteiger partial charge in [-0.25, -0.2) is 4.39 Å². The van der Waals surface area contributed by atoms with Crippen LogP contribution in [-0.4, -0.2) is 42.9 Å². The topological polar surface area (TPSA) is 65.8 Å². The summed E-state index contributed by atoms with van der Waals surface area (Å²) in [6.07, 6.45) is 4.36. The summed E-state index contributed by atoms with van der Waals surface area (Å²) in [5, 5.41) is 2.84. The van der Waals surface area contributed by atoms with Crippen molar-refractivity contribution in [1.82, 2.24) is 10.2 Å². The minimum Gasteiger partial charge on any atom is -0.467 e. The molecule has 1 fully saturated rings. The van der Waals surface area contributed by atoms with Gasteiger partial charge in [-0.1, -0.05) is 24.3 Å². The summed E-state index contributed by atoms with van der Waals surface area (Å²) in [5.41, 5.74) is 2.06. The number of para-hydroxylation sites is 1. The van der Waals surface area contributed by atoms with Crippen LogP contribution in [-0.2, 0) is 17.8 Å². The van der Waals surface area contributed by atoms with Crippen LogP contribution >= 0.6 is 0 Å². The zero-order chi connectivity index (χ0) is 23.2. The lowest BCUT2D eigenvalue weighted by Crippen LogP contribution is -2.42. The third-order valence-electron chi connectivity index (χ3n) is 6.11. The first kappa shape index (κ1) is 22.7. The number of halogens is 1. The normalized spacial score (nSPS) is 16.0. The molecule has 172 valence electrons. The van der Waals surface area contributed by atoms with E-state index in [9.17, 15) is 14.0 Å². The Morgan fingerprint density at radius 3 is 2.67 bits per heavy atom. The third kappa shape index (κ3) is 5.68. The van der Waals surface area contributed by atoms with Crippen LogP contribution in [0, 0.1) is 5.82 Å². The van der Waals surface area contributed by atoms with Crippen LogP contribution in [0.3, 0.4) is 0 Å². The van der Waals surface area contributed by atoms with E-state index in [1.165, 1.54) is 12.1 Å². The van der Waals surface area contributed by atoms with Gasteiger partial charge >= 0.3 is 0 Å². The lowest BCUT2D eigenvalue weighted by atomic mass is 10.0. The Kier molecular flexibility index (Phi) is 7.19. The average molecular weight is 450 g/mol. The number of rotatable bonds is 8. The fourth-order valence-corrected chi connectivity index (χ4v) is 4.28. The highest BCUT2D eigenvalue weighted by Crippen LogP contribution is 2.24. The Labute approximate surface area is 193 Å². The molecule has 1 aliphatic rings. The van der Waals surface area contributed by atoms with Crippen molar-refractivity contribution in [2.24, 2.45) is 0 Å². The Bertz CT molecular complexity index is 1080. The second-order valence-corrected chi connectivity index (χ2v) is 8.33. The lowest BCUT2D eigenvalue weighted by Gasteiger charge is -2.27. The van der Waals surface area contributed by atoms with Crippen molar-refractivity contribution in [3.63, 3.8) is 0 Å². The number of carbonyl (C=O) groups is 2. The second kappa shape index (κ2) is 10.4. The summed E-state index contributed by atoms with van der Waals surface area (Å²) < 4.78 is 18.5. The molecule has 1 aliphatic heterocycles. The minimum absolute atomic E-state index is 0.0766. The van der Waals surface area contributed by atoms with Crippen LogP contribution in [0.2, 0.25) is 0 Å². The number of furan rings is 1. The van der Waals surface area contributed by atoms with Gasteiger partial charge in [0.2, 0.25) is 5.91 Å². The molecule has 0 radical (unpaired) electrons. The van der Waals surface area contributed by atoms with E-state index >= 15 is 0 Å². The summed E-state index contributed by atoms with van der Waals surface area (Å²) in [6.45, 7) is 1.39. The largest absolute Gasteiger partial charge is 0.467 e. The lowest BCUT2D eigenvalue weighted by molar-refractivity contribution is -0.119. The van der Waals surface area contributed by atoms with E-state index in [1.807, 2.05) is 6.07 Å². The number of likely N-dealkylation sites (tertiary alicyclic amines) is 1. The molecule has 0 aliphatic carbocycles. The first-order valence-electron chi connectivity index (χ1n) is 11.2. The maximum Gasteiger partial charge on any atom is 0.253 e. The second-order valence-electron chi connectivity index (χ2n) is 8.33. The van der Waals surface area contributed by atoms with Gasteiger partial charge in [-0.05, 0) is 67.8 Å².